The van der Waals surface area contributed by atoms with Crippen LogP contribution in [0.2, 0.25) is 0 Å². The van der Waals surface area contributed by atoms with Gasteiger partial charge in [-0.1, -0.05) is 37.7 Å². The minimum Gasteiger partial charge on any atom is -0.389 e. The summed E-state index contributed by atoms with van der Waals surface area (Å²) in [5.41, 5.74) is 9.33. The van der Waals surface area contributed by atoms with Crippen LogP contribution in [0.4, 0.5) is 5.69 Å². The second-order valence-electron chi connectivity index (χ2n) is 5.66. The van der Waals surface area contributed by atoms with Crippen LogP contribution in [0.3, 0.4) is 0 Å². The number of thiocarbonyl (C=S) groups is 1. The molecular weight excluding hydrogens is 240 g/mol. The summed E-state index contributed by atoms with van der Waals surface area (Å²) < 4.78 is 0. The van der Waals surface area contributed by atoms with E-state index in [9.17, 15) is 0 Å². The van der Waals surface area contributed by atoms with Crippen molar-refractivity contribution in [1.82, 2.24) is 0 Å². The Labute approximate surface area is 115 Å². The molecule has 0 heterocycles. The smallest absolute Gasteiger partial charge is 0.106 e. The predicted molar refractivity (Wildman–Crippen MR) is 82.3 cm³/mol. The number of hydrogen-bond donors (Lipinski definition) is 1. The number of rotatable bonds is 5. The van der Waals surface area contributed by atoms with Crippen LogP contribution in [-0.4, -0.2) is 17.6 Å². The third-order valence-electron chi connectivity index (χ3n) is 3.28. The Balaban J connectivity index is 2.37. The van der Waals surface area contributed by atoms with Crippen LogP contribution < -0.4 is 10.6 Å². The highest BCUT2D eigenvalue weighted by atomic mass is 32.1. The van der Waals surface area contributed by atoms with Gasteiger partial charge >= 0.3 is 0 Å². The normalized spacial score (nSPS) is 14.9. The van der Waals surface area contributed by atoms with Crippen LogP contribution >= 0.6 is 12.2 Å². The number of anilines is 1. The summed E-state index contributed by atoms with van der Waals surface area (Å²) in [5, 5.41) is 0. The zero-order valence-electron chi connectivity index (χ0n) is 11.4. The minimum atomic E-state index is 0.503. The molecule has 0 radical (unpaired) electrons. The predicted octanol–water partition coefficient (Wildman–Crippen LogP) is 3.25. The lowest BCUT2D eigenvalue weighted by Gasteiger charge is -2.29. The first-order valence-electron chi connectivity index (χ1n) is 6.66. The van der Waals surface area contributed by atoms with Gasteiger partial charge in [-0.25, -0.2) is 0 Å². The summed E-state index contributed by atoms with van der Waals surface area (Å²) in [6, 6.07) is 7.10. The van der Waals surface area contributed by atoms with Crippen molar-refractivity contribution in [3.8, 4) is 0 Å². The Hall–Kier alpha value is -1.09. The minimum absolute atomic E-state index is 0.503. The van der Waals surface area contributed by atoms with E-state index >= 15 is 0 Å². The van der Waals surface area contributed by atoms with Gasteiger partial charge < -0.3 is 10.6 Å². The molecule has 1 saturated carbocycles. The van der Waals surface area contributed by atoms with Crippen molar-refractivity contribution in [2.75, 3.05) is 11.4 Å². The highest BCUT2D eigenvalue weighted by Crippen LogP contribution is 2.34. The lowest BCUT2D eigenvalue weighted by atomic mass is 10.1. The molecule has 98 valence electrons. The van der Waals surface area contributed by atoms with Gasteiger partial charge in [-0.05, 0) is 37.8 Å². The maximum absolute atomic E-state index is 5.88. The van der Waals surface area contributed by atoms with Gasteiger partial charge in [0.2, 0.25) is 0 Å². The monoisotopic (exact) mass is 262 g/mol. The second kappa shape index (κ2) is 5.27. The number of nitrogens with two attached hydrogens (primary N) is 1. The van der Waals surface area contributed by atoms with Gasteiger partial charge in [-0.15, -0.1) is 0 Å². The lowest BCUT2D eigenvalue weighted by Crippen LogP contribution is -2.31. The van der Waals surface area contributed by atoms with E-state index in [4.69, 9.17) is 18.0 Å². The van der Waals surface area contributed by atoms with Gasteiger partial charge in [0, 0.05) is 23.8 Å². The molecule has 1 aromatic carbocycles. The molecule has 1 aliphatic rings. The van der Waals surface area contributed by atoms with Gasteiger partial charge in [0.15, 0.2) is 0 Å². The van der Waals surface area contributed by atoms with Gasteiger partial charge in [0.1, 0.15) is 4.99 Å². The molecule has 0 amide bonds. The maximum atomic E-state index is 5.88. The van der Waals surface area contributed by atoms with Crippen LogP contribution in [0, 0.1) is 12.8 Å². The molecule has 2 nitrogen and oxygen atoms in total. The van der Waals surface area contributed by atoms with E-state index in [0.29, 0.717) is 16.9 Å². The highest BCUT2D eigenvalue weighted by molar-refractivity contribution is 7.80. The average molecular weight is 262 g/mol. The largest absolute Gasteiger partial charge is 0.389 e. The molecule has 0 bridgehead atoms. The molecule has 3 heteroatoms. The third kappa shape index (κ3) is 3.02. The van der Waals surface area contributed by atoms with Crippen LogP contribution in [0.15, 0.2) is 18.2 Å². The molecule has 0 saturated heterocycles. The van der Waals surface area contributed by atoms with Gasteiger partial charge in [-0.3, -0.25) is 0 Å². The molecule has 0 aliphatic heterocycles. The Kier molecular flexibility index (Phi) is 3.91. The van der Waals surface area contributed by atoms with Crippen molar-refractivity contribution >= 4 is 22.9 Å². The molecule has 0 aromatic heterocycles. The highest BCUT2D eigenvalue weighted by Gasteiger charge is 2.31. The maximum Gasteiger partial charge on any atom is 0.106 e. The van der Waals surface area contributed by atoms with Crippen LogP contribution in [0.25, 0.3) is 0 Å². The summed E-state index contributed by atoms with van der Waals surface area (Å²) in [6.07, 6.45) is 2.58. The lowest BCUT2D eigenvalue weighted by molar-refractivity contribution is 0.607. The number of nitrogens with zero attached hydrogens (tertiary/aromatic N) is 1. The van der Waals surface area contributed by atoms with Crippen LogP contribution in [0.1, 0.15) is 37.8 Å². The number of benzene rings is 1. The van der Waals surface area contributed by atoms with Gasteiger partial charge in [-0.2, -0.15) is 0 Å². The van der Waals surface area contributed by atoms with E-state index in [1.165, 1.54) is 24.1 Å². The number of hydrogen-bond acceptors (Lipinski definition) is 2. The van der Waals surface area contributed by atoms with Crippen molar-refractivity contribution in [3.05, 3.63) is 29.3 Å². The van der Waals surface area contributed by atoms with E-state index in [-0.39, 0.29) is 0 Å². The van der Waals surface area contributed by atoms with Crippen molar-refractivity contribution in [1.29, 1.82) is 0 Å². The standard InChI is InChI=1S/C15H22N2S/c1-10(2)9-17(12-5-6-12)14-7-4-11(3)8-13(14)15(16)18/h4,7-8,10,12H,5-6,9H2,1-3H3,(H2,16,18). The van der Waals surface area contributed by atoms with E-state index in [2.05, 4.69) is 43.9 Å². The fourth-order valence-corrected chi connectivity index (χ4v) is 2.48. The Morgan fingerprint density at radius 3 is 2.61 bits per heavy atom. The van der Waals surface area contributed by atoms with Gasteiger partial charge in [0.25, 0.3) is 0 Å². The summed E-state index contributed by atoms with van der Waals surface area (Å²) in [7, 11) is 0. The molecule has 1 fully saturated rings. The first kappa shape index (κ1) is 13.3. The Morgan fingerprint density at radius 2 is 2.11 bits per heavy atom. The molecule has 0 spiro atoms. The van der Waals surface area contributed by atoms with Crippen molar-refractivity contribution in [2.24, 2.45) is 11.7 Å². The number of aryl methyl sites for hydroxylation is 1. The van der Waals surface area contributed by atoms with E-state index in [1.807, 2.05) is 0 Å². The Morgan fingerprint density at radius 1 is 1.44 bits per heavy atom. The van der Waals surface area contributed by atoms with Crippen LogP contribution in [-0.2, 0) is 0 Å². The van der Waals surface area contributed by atoms with Crippen LogP contribution in [0.5, 0.6) is 0 Å². The molecule has 2 rings (SSSR count). The summed E-state index contributed by atoms with van der Waals surface area (Å²) in [6.45, 7) is 7.66. The van der Waals surface area contributed by atoms with Crippen molar-refractivity contribution < 1.29 is 0 Å². The first-order valence-corrected chi connectivity index (χ1v) is 7.07. The molecule has 1 aliphatic carbocycles. The SMILES string of the molecule is Cc1ccc(N(CC(C)C)C2CC2)c(C(N)=S)c1. The fourth-order valence-electron chi connectivity index (χ4n) is 2.32. The molecule has 18 heavy (non-hydrogen) atoms. The molecule has 1 aromatic rings. The first-order chi connectivity index (χ1) is 8.49. The van der Waals surface area contributed by atoms with Crippen molar-refractivity contribution in [3.63, 3.8) is 0 Å². The quantitative estimate of drug-likeness (QED) is 0.826. The third-order valence-corrected chi connectivity index (χ3v) is 3.50. The summed E-state index contributed by atoms with van der Waals surface area (Å²) in [4.78, 5) is 2.99. The molecule has 0 atom stereocenters. The summed E-state index contributed by atoms with van der Waals surface area (Å²) >= 11 is 5.20. The fraction of sp³-hybridized carbons (Fsp3) is 0.533. The molecular formula is C15H22N2S. The molecule has 2 N–H and O–H groups in total. The average Bonchev–Trinajstić information content (AvgIpc) is 3.09. The zero-order chi connectivity index (χ0) is 13.3. The van der Waals surface area contributed by atoms with Crippen molar-refractivity contribution in [2.45, 2.75) is 39.7 Å². The van der Waals surface area contributed by atoms with E-state index in [1.54, 1.807) is 0 Å². The van der Waals surface area contributed by atoms with Gasteiger partial charge in [0.05, 0.1) is 0 Å². The second-order valence-corrected chi connectivity index (χ2v) is 6.10. The zero-order valence-corrected chi connectivity index (χ0v) is 12.3. The van der Waals surface area contributed by atoms with E-state index in [0.717, 1.165) is 12.1 Å². The topological polar surface area (TPSA) is 29.3 Å². The van der Waals surface area contributed by atoms with E-state index < -0.39 is 0 Å². The Bertz CT molecular complexity index is 450. The molecule has 0 unspecified atom stereocenters. The summed E-state index contributed by atoms with van der Waals surface area (Å²) in [5.74, 6) is 0.645.